The van der Waals surface area contributed by atoms with E-state index in [-0.39, 0.29) is 24.7 Å². The van der Waals surface area contributed by atoms with Gasteiger partial charge in [0.25, 0.3) is 11.8 Å². The summed E-state index contributed by atoms with van der Waals surface area (Å²) in [6.07, 6.45) is 0.971. The van der Waals surface area contributed by atoms with Crippen molar-refractivity contribution in [2.24, 2.45) is 0 Å². The first-order valence-corrected chi connectivity index (χ1v) is 10.6. The average molecular weight is 448 g/mol. The molecule has 0 spiro atoms. The highest BCUT2D eigenvalue weighted by atomic mass is 19.3. The molecule has 2 saturated heterocycles. The first-order chi connectivity index (χ1) is 15.4. The topological polar surface area (TPSA) is 92.6 Å². The van der Waals surface area contributed by atoms with Crippen molar-refractivity contribution in [3.63, 3.8) is 0 Å². The van der Waals surface area contributed by atoms with E-state index in [0.29, 0.717) is 32.8 Å². The number of carbonyl (C=O) groups is 2. The van der Waals surface area contributed by atoms with Crippen LogP contribution in [0.1, 0.15) is 22.5 Å². The van der Waals surface area contributed by atoms with Crippen molar-refractivity contribution in [2.75, 3.05) is 39.4 Å². The third-order valence-electron chi connectivity index (χ3n) is 5.62. The van der Waals surface area contributed by atoms with Crippen LogP contribution in [0.15, 0.2) is 36.5 Å². The maximum atomic E-state index is 14.1. The van der Waals surface area contributed by atoms with Crippen LogP contribution in [-0.4, -0.2) is 88.0 Å². The number of halogens is 2. The standard InChI is InChI=1S/C21H26F2N6O3/c22-21(23)10-17(29(15-21)19(30)14-27-6-8-32-9-7-27)12-28-13-18(25-26-28)20(31)24-11-16-4-2-1-3-5-16/h1-5,13,17H,6-12,14-15H2,(H,24,31)/t17-/m0/s1. The van der Waals surface area contributed by atoms with E-state index in [2.05, 4.69) is 15.6 Å². The van der Waals surface area contributed by atoms with Gasteiger partial charge in [0.15, 0.2) is 5.69 Å². The lowest BCUT2D eigenvalue weighted by atomic mass is 10.2. The fourth-order valence-electron chi connectivity index (χ4n) is 3.97. The number of hydrogen-bond acceptors (Lipinski definition) is 6. The summed E-state index contributed by atoms with van der Waals surface area (Å²) in [7, 11) is 0. The van der Waals surface area contributed by atoms with Crippen molar-refractivity contribution >= 4 is 11.8 Å². The van der Waals surface area contributed by atoms with E-state index in [1.165, 1.54) is 15.8 Å². The van der Waals surface area contributed by atoms with Gasteiger partial charge in [0.2, 0.25) is 5.91 Å². The summed E-state index contributed by atoms with van der Waals surface area (Å²) in [6.45, 7) is 2.12. The monoisotopic (exact) mass is 448 g/mol. The van der Waals surface area contributed by atoms with E-state index in [0.717, 1.165) is 5.56 Å². The van der Waals surface area contributed by atoms with E-state index in [9.17, 15) is 18.4 Å². The number of nitrogens with one attached hydrogen (secondary N) is 1. The van der Waals surface area contributed by atoms with Crippen molar-refractivity contribution in [1.82, 2.24) is 30.1 Å². The number of rotatable bonds is 7. The molecule has 0 bridgehead atoms. The highest BCUT2D eigenvalue weighted by Gasteiger charge is 2.47. The summed E-state index contributed by atoms with van der Waals surface area (Å²) in [5.74, 6) is -3.70. The molecule has 1 atom stereocenters. The molecule has 0 saturated carbocycles. The summed E-state index contributed by atoms with van der Waals surface area (Å²) in [6, 6.07) is 8.70. The summed E-state index contributed by atoms with van der Waals surface area (Å²) in [5.41, 5.74) is 1.03. The number of likely N-dealkylation sites (tertiary alicyclic amines) is 1. The second kappa shape index (κ2) is 9.70. The quantitative estimate of drug-likeness (QED) is 0.673. The van der Waals surface area contributed by atoms with E-state index >= 15 is 0 Å². The number of morpholine rings is 1. The summed E-state index contributed by atoms with van der Waals surface area (Å²) in [4.78, 5) is 28.2. The Morgan fingerprint density at radius 3 is 2.69 bits per heavy atom. The molecule has 3 heterocycles. The Kier molecular flexibility index (Phi) is 6.75. The van der Waals surface area contributed by atoms with Crippen LogP contribution < -0.4 is 5.32 Å². The molecule has 2 aliphatic rings. The van der Waals surface area contributed by atoms with Gasteiger partial charge in [0.05, 0.1) is 45.1 Å². The van der Waals surface area contributed by atoms with Crippen LogP contribution in [0.25, 0.3) is 0 Å². The van der Waals surface area contributed by atoms with Gasteiger partial charge in [-0.2, -0.15) is 0 Å². The second-order valence-corrected chi connectivity index (χ2v) is 8.12. The molecule has 0 aliphatic carbocycles. The number of alkyl halides is 2. The van der Waals surface area contributed by atoms with Gasteiger partial charge in [0.1, 0.15) is 0 Å². The van der Waals surface area contributed by atoms with Gasteiger partial charge in [-0.1, -0.05) is 35.5 Å². The van der Waals surface area contributed by atoms with Crippen LogP contribution >= 0.6 is 0 Å². The maximum Gasteiger partial charge on any atom is 0.273 e. The van der Waals surface area contributed by atoms with Gasteiger partial charge >= 0.3 is 0 Å². The minimum Gasteiger partial charge on any atom is -0.379 e. The average Bonchev–Trinajstić information content (AvgIpc) is 3.37. The fourth-order valence-corrected chi connectivity index (χ4v) is 3.97. The van der Waals surface area contributed by atoms with E-state index < -0.39 is 30.8 Å². The Labute approximate surface area is 184 Å². The number of ether oxygens (including phenoxy) is 1. The number of amides is 2. The predicted molar refractivity (Wildman–Crippen MR) is 110 cm³/mol. The Morgan fingerprint density at radius 1 is 1.19 bits per heavy atom. The lowest BCUT2D eigenvalue weighted by Gasteiger charge is -2.30. The van der Waals surface area contributed by atoms with Gasteiger partial charge in [-0.15, -0.1) is 5.10 Å². The Hall–Kier alpha value is -2.92. The Bertz CT molecular complexity index is 933. The fraction of sp³-hybridized carbons (Fsp3) is 0.524. The van der Waals surface area contributed by atoms with Crippen LogP contribution in [0.5, 0.6) is 0 Å². The van der Waals surface area contributed by atoms with Crippen LogP contribution in [0.2, 0.25) is 0 Å². The van der Waals surface area contributed by atoms with Crippen LogP contribution in [0.3, 0.4) is 0 Å². The zero-order valence-corrected chi connectivity index (χ0v) is 17.6. The first kappa shape index (κ1) is 22.3. The smallest absolute Gasteiger partial charge is 0.273 e. The third kappa shape index (κ3) is 5.65. The molecule has 9 nitrogen and oxygen atoms in total. The molecule has 172 valence electrons. The summed E-state index contributed by atoms with van der Waals surface area (Å²) < 4.78 is 34.9. The molecule has 11 heteroatoms. The van der Waals surface area contributed by atoms with Crippen molar-refractivity contribution in [3.05, 3.63) is 47.8 Å². The number of carbonyl (C=O) groups excluding carboxylic acids is 2. The molecule has 32 heavy (non-hydrogen) atoms. The SMILES string of the molecule is O=C(NCc1ccccc1)c1cn(C[C@@H]2CC(F)(F)CN2C(=O)CN2CCOCC2)nn1. The van der Waals surface area contributed by atoms with Crippen molar-refractivity contribution in [1.29, 1.82) is 0 Å². The molecular formula is C21H26F2N6O3. The highest BCUT2D eigenvalue weighted by Crippen LogP contribution is 2.33. The molecule has 2 aliphatic heterocycles. The highest BCUT2D eigenvalue weighted by molar-refractivity contribution is 5.91. The second-order valence-electron chi connectivity index (χ2n) is 8.12. The summed E-state index contributed by atoms with van der Waals surface area (Å²) >= 11 is 0. The van der Waals surface area contributed by atoms with Crippen molar-refractivity contribution < 1.29 is 23.1 Å². The zero-order chi connectivity index (χ0) is 22.6. The minimum absolute atomic E-state index is 0.0450. The lowest BCUT2D eigenvalue weighted by Crippen LogP contribution is -2.47. The maximum absolute atomic E-state index is 14.1. The minimum atomic E-state index is -2.96. The molecule has 0 radical (unpaired) electrons. The molecule has 2 fully saturated rings. The summed E-state index contributed by atoms with van der Waals surface area (Å²) in [5, 5.41) is 10.5. The zero-order valence-electron chi connectivity index (χ0n) is 17.6. The van der Waals surface area contributed by atoms with Gasteiger partial charge < -0.3 is 15.0 Å². The van der Waals surface area contributed by atoms with Crippen molar-refractivity contribution in [3.8, 4) is 0 Å². The van der Waals surface area contributed by atoms with Crippen LogP contribution in [-0.2, 0) is 22.6 Å². The molecular weight excluding hydrogens is 422 g/mol. The van der Waals surface area contributed by atoms with Gasteiger partial charge in [-0.05, 0) is 5.56 Å². The third-order valence-corrected chi connectivity index (χ3v) is 5.62. The number of hydrogen-bond donors (Lipinski definition) is 1. The molecule has 2 amide bonds. The van der Waals surface area contributed by atoms with Crippen molar-refractivity contribution in [2.45, 2.75) is 31.5 Å². The molecule has 1 aromatic carbocycles. The van der Waals surface area contributed by atoms with E-state index in [1.807, 2.05) is 35.2 Å². The molecule has 4 rings (SSSR count). The van der Waals surface area contributed by atoms with Crippen LogP contribution in [0, 0.1) is 0 Å². The number of benzene rings is 1. The van der Waals surface area contributed by atoms with E-state index in [4.69, 9.17) is 4.74 Å². The number of aromatic nitrogens is 3. The van der Waals surface area contributed by atoms with Crippen LogP contribution in [0.4, 0.5) is 8.78 Å². The normalized spacial score (nSPS) is 20.9. The Balaban J connectivity index is 1.35. The van der Waals surface area contributed by atoms with Gasteiger partial charge in [-0.25, -0.2) is 13.5 Å². The van der Waals surface area contributed by atoms with Gasteiger partial charge in [-0.3, -0.25) is 14.5 Å². The molecule has 0 unspecified atom stereocenters. The molecule has 1 N–H and O–H groups in total. The molecule has 2 aromatic rings. The van der Waals surface area contributed by atoms with Gasteiger partial charge in [0, 0.05) is 26.1 Å². The first-order valence-electron chi connectivity index (χ1n) is 10.6. The Morgan fingerprint density at radius 2 is 1.94 bits per heavy atom. The number of nitrogens with zero attached hydrogens (tertiary/aromatic N) is 5. The lowest BCUT2D eigenvalue weighted by molar-refractivity contribution is -0.135. The van der Waals surface area contributed by atoms with E-state index in [1.54, 1.807) is 0 Å². The predicted octanol–water partition coefficient (Wildman–Crippen LogP) is 0.777. The molecule has 1 aromatic heterocycles. The largest absolute Gasteiger partial charge is 0.379 e.